The highest BCUT2D eigenvalue weighted by molar-refractivity contribution is 5.81. The van der Waals surface area contributed by atoms with Gasteiger partial charge in [0.2, 0.25) is 0 Å². The Balaban J connectivity index is 1.99. The molecule has 0 radical (unpaired) electrons. The molecule has 0 spiro atoms. The molecule has 0 bridgehead atoms. The van der Waals surface area contributed by atoms with Gasteiger partial charge in [0.1, 0.15) is 18.0 Å². The summed E-state index contributed by atoms with van der Waals surface area (Å²) >= 11 is 0. The molecule has 0 aliphatic heterocycles. The lowest BCUT2D eigenvalue weighted by Gasteiger charge is -2.17. The van der Waals surface area contributed by atoms with Crippen molar-refractivity contribution >= 4 is 10.9 Å². The molecule has 0 amide bonds. The number of fused-ring (bicyclic) bond motifs is 1. The van der Waals surface area contributed by atoms with Gasteiger partial charge in [-0.2, -0.15) is 0 Å². The predicted octanol–water partition coefficient (Wildman–Crippen LogP) is 3.39. The Kier molecular flexibility index (Phi) is 5.89. The van der Waals surface area contributed by atoms with Gasteiger partial charge >= 0.3 is 0 Å². The molecule has 0 fully saturated rings. The summed E-state index contributed by atoms with van der Waals surface area (Å²) in [6.07, 6.45) is 3.74. The highest BCUT2D eigenvalue weighted by Crippen LogP contribution is 2.24. The summed E-state index contributed by atoms with van der Waals surface area (Å²) in [6.45, 7) is 11.8. The molecule has 138 valence electrons. The van der Waals surface area contributed by atoms with Gasteiger partial charge in [0.15, 0.2) is 5.43 Å². The summed E-state index contributed by atoms with van der Waals surface area (Å²) in [5, 5.41) is 0.639. The largest absolute Gasteiger partial charge is 0.457 e. The van der Waals surface area contributed by atoms with Crippen LogP contribution in [0.5, 0.6) is 11.5 Å². The minimum absolute atomic E-state index is 0.0467. The van der Waals surface area contributed by atoms with E-state index in [2.05, 4.69) is 18.1 Å². The topological polar surface area (TPSA) is 46.5 Å². The highest BCUT2D eigenvalue weighted by Gasteiger charge is 2.15. The molecule has 0 aliphatic carbocycles. The molecule has 4 nitrogen and oxygen atoms in total. The Bertz CT molecular complexity index is 996. The van der Waals surface area contributed by atoms with Crippen LogP contribution >= 0.6 is 0 Å². The van der Waals surface area contributed by atoms with E-state index in [4.69, 9.17) is 4.74 Å². The SMILES string of the molecule is C=CC[NH+](CC=C)Cc1c(C)[nH]c2ccc(Oc3ccccc3)cc2c1=O. The molecule has 3 rings (SSSR count). The first-order valence-electron chi connectivity index (χ1n) is 9.06. The predicted molar refractivity (Wildman–Crippen MR) is 111 cm³/mol. The number of H-pyrrole nitrogens is 1. The number of nitrogens with one attached hydrogen (secondary N) is 2. The van der Waals surface area contributed by atoms with E-state index in [0.717, 1.165) is 35.6 Å². The Hall–Kier alpha value is -3.11. The average Bonchev–Trinajstić information content (AvgIpc) is 2.67. The molecule has 2 aromatic carbocycles. The maximum atomic E-state index is 13.2. The molecule has 4 heteroatoms. The first-order chi connectivity index (χ1) is 13.1. The number of hydrogen-bond donors (Lipinski definition) is 2. The summed E-state index contributed by atoms with van der Waals surface area (Å²) < 4.78 is 5.89. The van der Waals surface area contributed by atoms with Crippen LogP contribution in [0, 0.1) is 6.92 Å². The van der Waals surface area contributed by atoms with Gasteiger partial charge in [-0.3, -0.25) is 4.79 Å². The van der Waals surface area contributed by atoms with Gasteiger partial charge in [0.05, 0.1) is 18.7 Å². The quantitative estimate of drug-likeness (QED) is 0.604. The van der Waals surface area contributed by atoms with Gasteiger partial charge in [0, 0.05) is 16.6 Å². The van der Waals surface area contributed by atoms with Crippen molar-refractivity contribution in [3.8, 4) is 11.5 Å². The number of aromatic amines is 1. The lowest BCUT2D eigenvalue weighted by Crippen LogP contribution is -3.10. The van der Waals surface area contributed by atoms with E-state index in [1.807, 2.05) is 67.6 Å². The molecular weight excluding hydrogens is 336 g/mol. The second kappa shape index (κ2) is 8.52. The van der Waals surface area contributed by atoms with Crippen LogP contribution in [0.25, 0.3) is 10.9 Å². The molecule has 3 aromatic rings. The molecule has 27 heavy (non-hydrogen) atoms. The summed E-state index contributed by atoms with van der Waals surface area (Å²) in [5.41, 5.74) is 2.55. The number of quaternary nitrogens is 1. The van der Waals surface area contributed by atoms with E-state index in [1.165, 1.54) is 4.90 Å². The summed E-state index contributed by atoms with van der Waals surface area (Å²) in [5.74, 6) is 1.39. The molecule has 0 atom stereocenters. The number of aryl methyl sites for hydroxylation is 1. The molecule has 1 heterocycles. The number of ether oxygens (including phenoxy) is 1. The number of rotatable bonds is 8. The van der Waals surface area contributed by atoms with Crippen molar-refractivity contribution in [3.63, 3.8) is 0 Å². The first-order valence-corrected chi connectivity index (χ1v) is 9.06. The number of pyridine rings is 1. The minimum Gasteiger partial charge on any atom is -0.457 e. The lowest BCUT2D eigenvalue weighted by molar-refractivity contribution is -0.902. The van der Waals surface area contributed by atoms with Crippen molar-refractivity contribution in [2.45, 2.75) is 13.5 Å². The number of aromatic nitrogens is 1. The first kappa shape index (κ1) is 18.7. The standard InChI is InChI=1S/C23H24N2O2/c1-4-13-25(14-5-2)16-21-17(3)24-22-12-11-19(15-20(22)23(21)26)27-18-9-7-6-8-10-18/h4-12,15H,1-2,13-14,16H2,3H3,(H,24,26)/p+1. The third kappa shape index (κ3) is 4.36. The molecular formula is C23H25N2O2+. The van der Waals surface area contributed by atoms with Crippen LogP contribution in [0.3, 0.4) is 0 Å². The van der Waals surface area contributed by atoms with E-state index < -0.39 is 0 Å². The smallest absolute Gasteiger partial charge is 0.198 e. The third-order valence-corrected chi connectivity index (χ3v) is 4.56. The van der Waals surface area contributed by atoms with Gasteiger partial charge in [-0.1, -0.05) is 31.4 Å². The van der Waals surface area contributed by atoms with Gasteiger partial charge in [-0.15, -0.1) is 0 Å². The van der Waals surface area contributed by atoms with E-state index in [1.54, 1.807) is 0 Å². The fourth-order valence-electron chi connectivity index (χ4n) is 3.22. The highest BCUT2D eigenvalue weighted by atomic mass is 16.5. The van der Waals surface area contributed by atoms with Crippen molar-refractivity contribution in [1.29, 1.82) is 0 Å². The van der Waals surface area contributed by atoms with Crippen molar-refractivity contribution < 1.29 is 9.64 Å². The average molecular weight is 361 g/mol. The zero-order valence-electron chi connectivity index (χ0n) is 15.6. The fourth-order valence-corrected chi connectivity index (χ4v) is 3.22. The molecule has 0 saturated carbocycles. The Labute approximate surface area is 159 Å². The Morgan fingerprint density at radius 3 is 2.41 bits per heavy atom. The lowest BCUT2D eigenvalue weighted by atomic mass is 10.1. The van der Waals surface area contributed by atoms with Crippen molar-refractivity contribution in [2.24, 2.45) is 0 Å². The Morgan fingerprint density at radius 2 is 1.74 bits per heavy atom. The van der Waals surface area contributed by atoms with Crippen LogP contribution in [0.2, 0.25) is 0 Å². The molecule has 2 N–H and O–H groups in total. The number of hydrogen-bond acceptors (Lipinski definition) is 2. The van der Waals surface area contributed by atoms with Gasteiger partial charge in [-0.05, 0) is 49.4 Å². The van der Waals surface area contributed by atoms with Crippen molar-refractivity contribution in [3.05, 3.63) is 95.3 Å². The van der Waals surface area contributed by atoms with Crippen molar-refractivity contribution in [2.75, 3.05) is 13.1 Å². The van der Waals surface area contributed by atoms with Gasteiger partial charge in [-0.25, -0.2) is 0 Å². The zero-order valence-corrected chi connectivity index (χ0v) is 15.6. The maximum absolute atomic E-state index is 13.2. The fraction of sp³-hybridized carbons (Fsp3) is 0.174. The summed E-state index contributed by atoms with van der Waals surface area (Å²) in [7, 11) is 0. The number of benzene rings is 2. The molecule has 0 unspecified atom stereocenters. The third-order valence-electron chi connectivity index (χ3n) is 4.56. The molecule has 0 saturated heterocycles. The van der Waals surface area contributed by atoms with Gasteiger partial charge < -0.3 is 14.6 Å². The van der Waals surface area contributed by atoms with Crippen LogP contribution < -0.4 is 15.1 Å². The number of para-hydroxylation sites is 1. The summed E-state index contributed by atoms with van der Waals surface area (Å²) in [4.78, 5) is 17.7. The molecule has 1 aromatic heterocycles. The van der Waals surface area contributed by atoms with Crippen LogP contribution in [-0.2, 0) is 6.54 Å². The normalized spacial score (nSPS) is 10.9. The monoisotopic (exact) mass is 361 g/mol. The zero-order chi connectivity index (χ0) is 19.2. The van der Waals surface area contributed by atoms with Crippen molar-refractivity contribution in [1.82, 2.24) is 4.98 Å². The second-order valence-corrected chi connectivity index (χ2v) is 6.59. The van der Waals surface area contributed by atoms with E-state index in [0.29, 0.717) is 17.7 Å². The Morgan fingerprint density at radius 1 is 1.04 bits per heavy atom. The summed E-state index contributed by atoms with van der Waals surface area (Å²) in [6, 6.07) is 15.1. The molecule has 0 aliphatic rings. The van der Waals surface area contributed by atoms with Crippen LogP contribution in [0.1, 0.15) is 11.3 Å². The van der Waals surface area contributed by atoms with Crippen LogP contribution in [0.15, 0.2) is 78.6 Å². The van der Waals surface area contributed by atoms with Crippen LogP contribution in [0.4, 0.5) is 0 Å². The second-order valence-electron chi connectivity index (χ2n) is 6.59. The van der Waals surface area contributed by atoms with Crippen LogP contribution in [-0.4, -0.2) is 18.1 Å². The maximum Gasteiger partial charge on any atom is 0.198 e. The minimum atomic E-state index is 0.0467. The van der Waals surface area contributed by atoms with E-state index in [-0.39, 0.29) is 5.43 Å². The van der Waals surface area contributed by atoms with E-state index in [9.17, 15) is 4.79 Å². The van der Waals surface area contributed by atoms with E-state index >= 15 is 0 Å². The van der Waals surface area contributed by atoms with Gasteiger partial charge in [0.25, 0.3) is 0 Å².